The highest BCUT2D eigenvalue weighted by molar-refractivity contribution is 6.32. The SMILES string of the molecule is CCc1cc(-c2ccc(OC)c(Cl)c2)ccc1C1=C(O)C(c2ccccc2)OC1=O. The molecule has 5 heteroatoms. The van der Waals surface area contributed by atoms with Gasteiger partial charge in [-0.1, -0.05) is 73.1 Å². The molecule has 0 saturated carbocycles. The van der Waals surface area contributed by atoms with Crippen LogP contribution in [0.5, 0.6) is 5.75 Å². The highest BCUT2D eigenvalue weighted by Gasteiger charge is 2.36. The Kier molecular flexibility index (Phi) is 5.51. The number of esters is 1. The van der Waals surface area contributed by atoms with Crippen LogP contribution >= 0.6 is 11.6 Å². The van der Waals surface area contributed by atoms with E-state index in [2.05, 4.69) is 0 Å². The second-order valence-electron chi connectivity index (χ2n) is 7.03. The molecule has 30 heavy (non-hydrogen) atoms. The Morgan fingerprint density at radius 3 is 2.40 bits per heavy atom. The summed E-state index contributed by atoms with van der Waals surface area (Å²) in [7, 11) is 1.58. The fraction of sp³-hybridized carbons (Fsp3) is 0.160. The number of carbonyl (C=O) groups is 1. The molecular formula is C25H21ClO4. The second-order valence-corrected chi connectivity index (χ2v) is 7.44. The van der Waals surface area contributed by atoms with Gasteiger partial charge in [0.2, 0.25) is 0 Å². The van der Waals surface area contributed by atoms with E-state index in [9.17, 15) is 9.90 Å². The van der Waals surface area contributed by atoms with Gasteiger partial charge in [-0.25, -0.2) is 4.79 Å². The quantitative estimate of drug-likeness (QED) is 0.503. The summed E-state index contributed by atoms with van der Waals surface area (Å²) >= 11 is 6.27. The molecule has 1 aliphatic rings. The van der Waals surface area contributed by atoms with Crippen molar-refractivity contribution in [1.82, 2.24) is 0 Å². The number of ether oxygens (including phenoxy) is 2. The predicted molar refractivity (Wildman–Crippen MR) is 118 cm³/mol. The number of hydrogen-bond acceptors (Lipinski definition) is 4. The molecule has 152 valence electrons. The topological polar surface area (TPSA) is 55.8 Å². The summed E-state index contributed by atoms with van der Waals surface area (Å²) < 4.78 is 10.7. The Morgan fingerprint density at radius 1 is 1.03 bits per heavy atom. The van der Waals surface area contributed by atoms with Crippen LogP contribution in [-0.4, -0.2) is 18.2 Å². The minimum atomic E-state index is -0.779. The van der Waals surface area contributed by atoms with E-state index in [1.807, 2.05) is 73.7 Å². The molecule has 3 aromatic rings. The highest BCUT2D eigenvalue weighted by Crippen LogP contribution is 2.40. The molecule has 4 rings (SSSR count). The van der Waals surface area contributed by atoms with Crippen molar-refractivity contribution >= 4 is 23.1 Å². The summed E-state index contributed by atoms with van der Waals surface area (Å²) in [6.45, 7) is 2.01. The van der Waals surface area contributed by atoms with Crippen molar-refractivity contribution in [2.24, 2.45) is 0 Å². The van der Waals surface area contributed by atoms with Crippen LogP contribution in [0.3, 0.4) is 0 Å². The molecule has 0 radical (unpaired) electrons. The first-order valence-corrected chi connectivity index (χ1v) is 10.1. The van der Waals surface area contributed by atoms with E-state index < -0.39 is 12.1 Å². The van der Waals surface area contributed by atoms with E-state index in [0.29, 0.717) is 22.8 Å². The Morgan fingerprint density at radius 2 is 1.73 bits per heavy atom. The van der Waals surface area contributed by atoms with E-state index in [1.165, 1.54) is 0 Å². The van der Waals surface area contributed by atoms with Gasteiger partial charge in [-0.15, -0.1) is 0 Å². The maximum Gasteiger partial charge on any atom is 0.343 e. The average Bonchev–Trinajstić information content (AvgIpc) is 3.07. The third-order valence-electron chi connectivity index (χ3n) is 5.28. The Bertz CT molecular complexity index is 1140. The Labute approximate surface area is 180 Å². The van der Waals surface area contributed by atoms with Gasteiger partial charge in [0.15, 0.2) is 11.9 Å². The van der Waals surface area contributed by atoms with Crippen LogP contribution in [-0.2, 0) is 16.0 Å². The summed E-state index contributed by atoms with van der Waals surface area (Å²) in [5, 5.41) is 11.4. The summed E-state index contributed by atoms with van der Waals surface area (Å²) in [5.41, 5.74) is 4.48. The molecule has 0 bridgehead atoms. The molecule has 0 aliphatic carbocycles. The molecule has 1 atom stereocenters. The van der Waals surface area contributed by atoms with Crippen molar-refractivity contribution in [2.75, 3.05) is 7.11 Å². The lowest BCUT2D eigenvalue weighted by molar-refractivity contribution is -0.138. The number of hydrogen-bond donors (Lipinski definition) is 1. The van der Waals surface area contributed by atoms with E-state index >= 15 is 0 Å². The molecule has 0 aromatic heterocycles. The monoisotopic (exact) mass is 420 g/mol. The minimum Gasteiger partial charge on any atom is -0.507 e. The third kappa shape index (κ3) is 3.55. The van der Waals surface area contributed by atoms with Crippen molar-refractivity contribution < 1.29 is 19.4 Å². The fourth-order valence-electron chi connectivity index (χ4n) is 3.71. The predicted octanol–water partition coefficient (Wildman–Crippen LogP) is 6.15. The molecule has 1 aliphatic heterocycles. The lowest BCUT2D eigenvalue weighted by Gasteiger charge is -2.12. The van der Waals surface area contributed by atoms with Crippen LogP contribution in [0.25, 0.3) is 16.7 Å². The van der Waals surface area contributed by atoms with Gasteiger partial charge in [0.1, 0.15) is 11.3 Å². The molecule has 0 fully saturated rings. The third-order valence-corrected chi connectivity index (χ3v) is 5.57. The van der Waals surface area contributed by atoms with Crippen LogP contribution in [0.4, 0.5) is 0 Å². The largest absolute Gasteiger partial charge is 0.507 e. The van der Waals surface area contributed by atoms with E-state index in [1.54, 1.807) is 7.11 Å². The molecule has 0 spiro atoms. The zero-order chi connectivity index (χ0) is 21.3. The number of rotatable bonds is 5. The molecule has 1 unspecified atom stereocenters. The molecule has 0 saturated heterocycles. The summed E-state index contributed by atoms with van der Waals surface area (Å²) in [6.07, 6.45) is -0.0916. The van der Waals surface area contributed by atoms with Crippen LogP contribution in [0.1, 0.15) is 29.7 Å². The number of carbonyl (C=O) groups excluding carboxylic acids is 1. The zero-order valence-corrected chi connectivity index (χ0v) is 17.4. The number of halogens is 1. The molecule has 4 nitrogen and oxygen atoms in total. The van der Waals surface area contributed by atoms with Crippen molar-refractivity contribution in [3.05, 3.63) is 94.2 Å². The molecule has 1 heterocycles. The van der Waals surface area contributed by atoms with Crippen LogP contribution < -0.4 is 4.74 Å². The lowest BCUT2D eigenvalue weighted by Crippen LogP contribution is -2.03. The number of cyclic esters (lactones) is 1. The van der Waals surface area contributed by atoms with Crippen molar-refractivity contribution in [1.29, 1.82) is 0 Å². The van der Waals surface area contributed by atoms with E-state index in [4.69, 9.17) is 21.1 Å². The van der Waals surface area contributed by atoms with Crippen LogP contribution in [0.15, 0.2) is 72.5 Å². The molecular weight excluding hydrogens is 400 g/mol. The average molecular weight is 421 g/mol. The van der Waals surface area contributed by atoms with Gasteiger partial charge in [0.05, 0.1) is 12.1 Å². The maximum atomic E-state index is 12.6. The van der Waals surface area contributed by atoms with Gasteiger partial charge in [-0.3, -0.25) is 0 Å². The van der Waals surface area contributed by atoms with E-state index in [0.717, 1.165) is 22.3 Å². The Balaban J connectivity index is 1.75. The standard InChI is InChI=1S/C25H21ClO4/c1-3-15-13-17(18-10-12-21(29-2)20(26)14-18)9-11-19(15)22-23(27)24(30-25(22)28)16-7-5-4-6-8-16/h4-14,24,27H,3H2,1-2H3. The number of aryl methyl sites for hydroxylation is 1. The van der Waals surface area contributed by atoms with Crippen molar-refractivity contribution in [2.45, 2.75) is 19.4 Å². The highest BCUT2D eigenvalue weighted by atomic mass is 35.5. The summed E-state index contributed by atoms with van der Waals surface area (Å²) in [4.78, 5) is 12.6. The summed E-state index contributed by atoms with van der Waals surface area (Å²) in [5.74, 6) is 0.0425. The first-order chi connectivity index (χ1) is 14.5. The van der Waals surface area contributed by atoms with Gasteiger partial charge in [-0.05, 0) is 40.8 Å². The number of aliphatic hydroxyl groups excluding tert-OH is 1. The number of methoxy groups -OCH3 is 1. The summed E-state index contributed by atoms with van der Waals surface area (Å²) in [6, 6.07) is 20.6. The molecule has 3 aromatic carbocycles. The molecule has 0 amide bonds. The van der Waals surface area contributed by atoms with E-state index in [-0.39, 0.29) is 11.3 Å². The normalized spacial score (nSPS) is 16.0. The van der Waals surface area contributed by atoms with Gasteiger partial charge < -0.3 is 14.6 Å². The number of benzene rings is 3. The van der Waals surface area contributed by atoms with Crippen LogP contribution in [0.2, 0.25) is 5.02 Å². The smallest absolute Gasteiger partial charge is 0.343 e. The zero-order valence-electron chi connectivity index (χ0n) is 16.7. The first-order valence-electron chi connectivity index (χ1n) is 9.69. The van der Waals surface area contributed by atoms with Crippen molar-refractivity contribution in [3.8, 4) is 16.9 Å². The number of aliphatic hydroxyl groups is 1. The Hall–Kier alpha value is -3.24. The minimum absolute atomic E-state index is 0.0545. The first kappa shape index (κ1) is 20.0. The fourth-order valence-corrected chi connectivity index (χ4v) is 3.97. The van der Waals surface area contributed by atoms with Gasteiger partial charge in [-0.2, -0.15) is 0 Å². The second kappa shape index (κ2) is 8.25. The van der Waals surface area contributed by atoms with Crippen LogP contribution in [0, 0.1) is 0 Å². The molecule has 1 N–H and O–H groups in total. The lowest BCUT2D eigenvalue weighted by atomic mass is 9.92. The van der Waals surface area contributed by atoms with Crippen molar-refractivity contribution in [3.63, 3.8) is 0 Å². The maximum absolute atomic E-state index is 12.6. The van der Waals surface area contributed by atoms with Gasteiger partial charge >= 0.3 is 5.97 Å². The van der Waals surface area contributed by atoms with Gasteiger partial charge in [0, 0.05) is 5.56 Å². The van der Waals surface area contributed by atoms with Gasteiger partial charge in [0.25, 0.3) is 0 Å².